The zero-order valence-corrected chi connectivity index (χ0v) is 24.8. The summed E-state index contributed by atoms with van der Waals surface area (Å²) in [4.78, 5) is 24.0. The van der Waals surface area contributed by atoms with Crippen LogP contribution in [0.25, 0.3) is 0 Å². The van der Waals surface area contributed by atoms with Crippen LogP contribution in [-0.4, -0.2) is 70.9 Å². The van der Waals surface area contributed by atoms with Crippen LogP contribution in [0.2, 0.25) is 0 Å². The van der Waals surface area contributed by atoms with Gasteiger partial charge in [0, 0.05) is 49.9 Å². The van der Waals surface area contributed by atoms with Crippen molar-refractivity contribution >= 4 is 28.1 Å². The number of methoxy groups -OCH3 is 1. The highest BCUT2D eigenvalue weighted by molar-refractivity contribution is 7.89. The molecule has 220 valence electrons. The third kappa shape index (κ3) is 8.66. The van der Waals surface area contributed by atoms with E-state index >= 15 is 0 Å². The zero-order chi connectivity index (χ0) is 29.1. The Morgan fingerprint density at radius 3 is 2.49 bits per heavy atom. The van der Waals surface area contributed by atoms with Gasteiger partial charge in [0.1, 0.15) is 5.75 Å². The summed E-state index contributed by atoms with van der Waals surface area (Å²) in [7, 11) is -1.93. The molecular weight excluding hydrogens is 538 g/mol. The number of guanidine groups is 1. The summed E-state index contributed by atoms with van der Waals surface area (Å²) in [5.41, 5.74) is 1.34. The van der Waals surface area contributed by atoms with E-state index in [0.29, 0.717) is 49.4 Å². The third-order valence-corrected chi connectivity index (χ3v) is 8.33. The molecule has 2 heterocycles. The minimum atomic E-state index is -3.48. The molecule has 1 saturated heterocycles. The number of nitrogens with zero attached hydrogens (tertiary/aromatic N) is 3. The SMILES string of the molecule is COc1ccccc1C(=O)NCC1(c2ccccc2)CCN(C(=NCCCCCC2C=CN=C2)NS(C)(=O)=O)CC1. The summed E-state index contributed by atoms with van der Waals surface area (Å²) in [6.45, 7) is 2.22. The number of hydrogen-bond donors (Lipinski definition) is 2. The third-order valence-electron chi connectivity index (χ3n) is 7.78. The molecule has 1 atom stereocenters. The second-order valence-electron chi connectivity index (χ2n) is 10.7. The van der Waals surface area contributed by atoms with E-state index in [2.05, 4.69) is 38.2 Å². The van der Waals surface area contributed by atoms with Crippen LogP contribution >= 0.6 is 0 Å². The van der Waals surface area contributed by atoms with E-state index in [1.807, 2.05) is 47.6 Å². The Morgan fingerprint density at radius 2 is 1.80 bits per heavy atom. The van der Waals surface area contributed by atoms with E-state index in [-0.39, 0.29) is 11.3 Å². The number of allylic oxidation sites excluding steroid dienone is 1. The number of hydrogen-bond acceptors (Lipinski definition) is 6. The fourth-order valence-electron chi connectivity index (χ4n) is 5.44. The first-order chi connectivity index (χ1) is 19.8. The van der Waals surface area contributed by atoms with E-state index in [1.54, 1.807) is 19.2 Å². The molecule has 1 unspecified atom stereocenters. The molecule has 2 aliphatic heterocycles. The van der Waals surface area contributed by atoms with Gasteiger partial charge in [0.2, 0.25) is 16.0 Å². The molecule has 9 nitrogen and oxygen atoms in total. The van der Waals surface area contributed by atoms with Gasteiger partial charge in [-0.3, -0.25) is 19.5 Å². The summed E-state index contributed by atoms with van der Waals surface area (Å²) < 4.78 is 32.4. The van der Waals surface area contributed by atoms with E-state index < -0.39 is 10.0 Å². The van der Waals surface area contributed by atoms with Crippen molar-refractivity contribution in [3.05, 3.63) is 78.0 Å². The maximum absolute atomic E-state index is 13.1. The van der Waals surface area contributed by atoms with Gasteiger partial charge in [0.05, 0.1) is 18.9 Å². The summed E-state index contributed by atoms with van der Waals surface area (Å²) in [6.07, 6.45) is 12.6. The minimum absolute atomic E-state index is 0.183. The summed E-state index contributed by atoms with van der Waals surface area (Å²) in [5, 5.41) is 3.15. The minimum Gasteiger partial charge on any atom is -0.496 e. The van der Waals surface area contributed by atoms with Crippen molar-refractivity contribution in [3.63, 3.8) is 0 Å². The monoisotopic (exact) mass is 579 g/mol. The molecule has 1 amide bonds. The molecule has 1 fully saturated rings. The lowest BCUT2D eigenvalue weighted by atomic mass is 9.72. The van der Waals surface area contributed by atoms with Gasteiger partial charge in [0.15, 0.2) is 0 Å². The highest BCUT2D eigenvalue weighted by Gasteiger charge is 2.38. The predicted molar refractivity (Wildman–Crippen MR) is 164 cm³/mol. The van der Waals surface area contributed by atoms with Crippen molar-refractivity contribution in [1.82, 2.24) is 14.9 Å². The first kappa shape index (κ1) is 30.3. The van der Waals surface area contributed by atoms with Crippen LogP contribution < -0.4 is 14.8 Å². The molecular formula is C31H41N5O4S. The fraction of sp³-hybridized carbons (Fsp3) is 0.452. The van der Waals surface area contributed by atoms with Gasteiger partial charge < -0.3 is 15.0 Å². The largest absolute Gasteiger partial charge is 0.496 e. The van der Waals surface area contributed by atoms with Gasteiger partial charge in [0.25, 0.3) is 5.91 Å². The maximum atomic E-state index is 13.1. The average Bonchev–Trinajstić information content (AvgIpc) is 3.51. The maximum Gasteiger partial charge on any atom is 0.255 e. The van der Waals surface area contributed by atoms with Gasteiger partial charge >= 0.3 is 0 Å². The first-order valence-electron chi connectivity index (χ1n) is 14.2. The summed E-state index contributed by atoms with van der Waals surface area (Å²) in [5.74, 6) is 1.18. The highest BCUT2D eigenvalue weighted by Crippen LogP contribution is 2.35. The van der Waals surface area contributed by atoms with E-state index in [4.69, 9.17) is 4.74 Å². The predicted octanol–water partition coefficient (Wildman–Crippen LogP) is 4.14. The Labute approximate surface area is 243 Å². The van der Waals surface area contributed by atoms with Crippen LogP contribution in [0.3, 0.4) is 0 Å². The normalized spacial score (nSPS) is 18.3. The molecule has 2 aromatic rings. The molecule has 0 saturated carbocycles. The van der Waals surface area contributed by atoms with Crippen LogP contribution in [-0.2, 0) is 15.4 Å². The number of nitrogens with one attached hydrogen (secondary N) is 2. The number of aliphatic imine (C=N–C) groups is 2. The molecule has 10 heteroatoms. The number of benzene rings is 2. The van der Waals surface area contributed by atoms with Crippen LogP contribution in [0.4, 0.5) is 0 Å². The number of likely N-dealkylation sites (tertiary alicyclic amines) is 1. The van der Waals surface area contributed by atoms with Crippen LogP contribution in [0.15, 0.2) is 76.9 Å². The number of unbranched alkanes of at least 4 members (excludes halogenated alkanes) is 2. The number of amides is 1. The lowest BCUT2D eigenvalue weighted by Gasteiger charge is -2.43. The Kier molecular flexibility index (Phi) is 10.6. The van der Waals surface area contributed by atoms with Gasteiger partial charge in [-0.15, -0.1) is 0 Å². The van der Waals surface area contributed by atoms with Gasteiger partial charge in [-0.25, -0.2) is 8.42 Å². The van der Waals surface area contributed by atoms with E-state index in [9.17, 15) is 13.2 Å². The van der Waals surface area contributed by atoms with Crippen molar-refractivity contribution in [2.45, 2.75) is 43.9 Å². The number of ether oxygens (including phenoxy) is 1. The summed E-state index contributed by atoms with van der Waals surface area (Å²) in [6, 6.07) is 17.4. The number of rotatable bonds is 12. The fourth-order valence-corrected chi connectivity index (χ4v) is 5.97. The van der Waals surface area contributed by atoms with Crippen LogP contribution in [0.1, 0.15) is 54.4 Å². The molecule has 2 N–H and O–H groups in total. The molecule has 0 radical (unpaired) electrons. The van der Waals surface area contributed by atoms with Crippen LogP contribution in [0.5, 0.6) is 5.75 Å². The van der Waals surface area contributed by atoms with Crippen molar-refractivity contribution in [1.29, 1.82) is 0 Å². The van der Waals surface area contributed by atoms with Crippen LogP contribution in [0, 0.1) is 5.92 Å². The number of carbonyl (C=O) groups is 1. The van der Waals surface area contributed by atoms with Gasteiger partial charge in [-0.1, -0.05) is 61.4 Å². The lowest BCUT2D eigenvalue weighted by molar-refractivity contribution is 0.0929. The average molecular weight is 580 g/mol. The molecule has 2 aromatic carbocycles. The quantitative estimate of drug-likeness (QED) is 0.223. The molecule has 0 spiro atoms. The van der Waals surface area contributed by atoms with Gasteiger partial charge in [-0.05, 0) is 43.4 Å². The van der Waals surface area contributed by atoms with Crippen molar-refractivity contribution in [3.8, 4) is 5.75 Å². The first-order valence-corrected chi connectivity index (χ1v) is 16.1. The summed E-state index contributed by atoms with van der Waals surface area (Å²) >= 11 is 0. The molecule has 0 aliphatic carbocycles. The molecule has 2 aliphatic rings. The Balaban J connectivity index is 1.41. The number of para-hydroxylation sites is 1. The molecule has 0 bridgehead atoms. The van der Waals surface area contributed by atoms with Gasteiger partial charge in [-0.2, -0.15) is 0 Å². The lowest BCUT2D eigenvalue weighted by Crippen LogP contribution is -2.53. The van der Waals surface area contributed by atoms with Crippen molar-refractivity contribution in [2.24, 2.45) is 15.9 Å². The number of sulfonamides is 1. The van der Waals surface area contributed by atoms with E-state index in [1.165, 1.54) is 0 Å². The standard InChI is InChI=1S/C31H41N5O4S/c1-40-28-15-9-8-14-27(28)29(37)34-24-31(26-12-6-3-7-13-26)17-21-36(22-18-31)30(35-41(2,38)39)33-19-10-4-5-11-25-16-20-32-23-25/h3,6-9,12-16,20,23,25H,4-5,10-11,17-19,21-22,24H2,1-2H3,(H,33,35)(H,34,37). The Hall–Kier alpha value is -3.66. The smallest absolute Gasteiger partial charge is 0.255 e. The van der Waals surface area contributed by atoms with E-state index in [0.717, 1.165) is 50.3 Å². The van der Waals surface area contributed by atoms with Crippen molar-refractivity contribution in [2.75, 3.05) is 39.5 Å². The highest BCUT2D eigenvalue weighted by atomic mass is 32.2. The molecule has 0 aromatic heterocycles. The molecule has 41 heavy (non-hydrogen) atoms. The molecule has 4 rings (SSSR count). The number of carbonyl (C=O) groups excluding carboxylic acids is 1. The Morgan fingerprint density at radius 1 is 1.07 bits per heavy atom. The number of piperidine rings is 1. The van der Waals surface area contributed by atoms with Crippen molar-refractivity contribution < 1.29 is 17.9 Å². The Bertz CT molecular complexity index is 1340. The second kappa shape index (κ2) is 14.3. The topological polar surface area (TPSA) is 112 Å². The second-order valence-corrected chi connectivity index (χ2v) is 12.5. The zero-order valence-electron chi connectivity index (χ0n) is 24.0.